The zero-order valence-electron chi connectivity index (χ0n) is 22.1. The first-order valence-corrected chi connectivity index (χ1v) is 12.8. The third-order valence-electron chi connectivity index (χ3n) is 6.65. The quantitative estimate of drug-likeness (QED) is 0.308. The van der Waals surface area contributed by atoms with Crippen molar-refractivity contribution in [1.82, 2.24) is 25.2 Å². The summed E-state index contributed by atoms with van der Waals surface area (Å²) in [6.07, 6.45) is 2.32. The van der Waals surface area contributed by atoms with Crippen molar-refractivity contribution >= 4 is 23.2 Å². The molecular weight excluding hydrogens is 505 g/mol. The van der Waals surface area contributed by atoms with Gasteiger partial charge in [-0.1, -0.05) is 0 Å². The molecule has 12 heteroatoms. The number of nitrogens with one attached hydrogen (secondary N) is 3. The van der Waals surface area contributed by atoms with E-state index in [9.17, 15) is 19.1 Å². The number of rotatable bonds is 10. The molecule has 0 saturated heterocycles. The number of halogens is 1. The van der Waals surface area contributed by atoms with Crippen LogP contribution in [0.4, 0.5) is 14.9 Å². The highest BCUT2D eigenvalue weighted by molar-refractivity contribution is 6.00. The standard InChI is InChI=1S/C27H32FN7O4/c1-4-39-26(37)32-12-16-7-18(8-16)34-21-10-22(23-6-5-19-9-17(11-29)13-33-35(19)23)30-14-20(21)25(36)31-15-24(28)27(2,3)38/h5-6,9-10,13-14,16,18,24,38H,4,7-8,12,15H2,1-3H3,(H,30,34)(H,31,36)(H,32,37)/t16?,18?,24-/m1/s1. The predicted octanol–water partition coefficient (Wildman–Crippen LogP) is 3.04. The van der Waals surface area contributed by atoms with Gasteiger partial charge in [-0.05, 0) is 63.8 Å². The van der Waals surface area contributed by atoms with Gasteiger partial charge < -0.3 is 25.8 Å². The summed E-state index contributed by atoms with van der Waals surface area (Å²) in [5.41, 5.74) is 1.52. The molecule has 2 amide bonds. The smallest absolute Gasteiger partial charge is 0.407 e. The van der Waals surface area contributed by atoms with Crippen LogP contribution in [0.15, 0.2) is 36.7 Å². The van der Waals surface area contributed by atoms with Crippen molar-refractivity contribution in [2.45, 2.75) is 51.4 Å². The van der Waals surface area contributed by atoms with Gasteiger partial charge in [-0.2, -0.15) is 10.4 Å². The lowest BCUT2D eigenvalue weighted by Gasteiger charge is -2.37. The first-order valence-electron chi connectivity index (χ1n) is 12.8. The van der Waals surface area contributed by atoms with E-state index in [4.69, 9.17) is 10.00 Å². The van der Waals surface area contributed by atoms with Gasteiger partial charge in [-0.15, -0.1) is 0 Å². The van der Waals surface area contributed by atoms with E-state index in [1.807, 2.05) is 12.1 Å². The van der Waals surface area contributed by atoms with Crippen molar-refractivity contribution in [1.29, 1.82) is 5.26 Å². The van der Waals surface area contributed by atoms with Crippen LogP contribution >= 0.6 is 0 Å². The third kappa shape index (κ3) is 6.61. The molecule has 1 fully saturated rings. The molecule has 0 unspecified atom stereocenters. The number of anilines is 1. The second-order valence-corrected chi connectivity index (χ2v) is 10.1. The highest BCUT2D eigenvalue weighted by atomic mass is 19.1. The Balaban J connectivity index is 1.54. The van der Waals surface area contributed by atoms with Crippen molar-refractivity contribution in [3.05, 3.63) is 47.8 Å². The van der Waals surface area contributed by atoms with Crippen molar-refractivity contribution in [3.63, 3.8) is 0 Å². The number of nitriles is 1. The largest absolute Gasteiger partial charge is 0.450 e. The Morgan fingerprint density at radius 2 is 2.05 bits per heavy atom. The number of hydrogen-bond acceptors (Lipinski definition) is 8. The zero-order valence-corrected chi connectivity index (χ0v) is 22.1. The number of alkyl halides is 1. The molecule has 39 heavy (non-hydrogen) atoms. The number of hydrogen-bond donors (Lipinski definition) is 4. The van der Waals surface area contributed by atoms with Crippen molar-refractivity contribution < 1.29 is 23.8 Å². The third-order valence-corrected chi connectivity index (χ3v) is 6.65. The van der Waals surface area contributed by atoms with E-state index in [1.165, 1.54) is 26.2 Å². The van der Waals surface area contributed by atoms with Crippen LogP contribution < -0.4 is 16.0 Å². The molecule has 0 aliphatic heterocycles. The number of ether oxygens (including phenoxy) is 1. The van der Waals surface area contributed by atoms with Gasteiger partial charge in [-0.3, -0.25) is 9.78 Å². The first kappa shape index (κ1) is 27.8. The minimum Gasteiger partial charge on any atom is -0.450 e. The monoisotopic (exact) mass is 537 g/mol. The van der Waals surface area contributed by atoms with Gasteiger partial charge >= 0.3 is 6.09 Å². The SMILES string of the molecule is CCOC(=O)NCC1CC(Nc2cc(-c3ccc4cc(C#N)cnn34)ncc2C(=O)NC[C@@H](F)C(C)(C)O)C1. The minimum absolute atomic E-state index is 0.0477. The van der Waals surface area contributed by atoms with Crippen molar-refractivity contribution in [2.75, 3.05) is 25.0 Å². The zero-order chi connectivity index (χ0) is 28.2. The van der Waals surface area contributed by atoms with Crippen LogP contribution in [0.2, 0.25) is 0 Å². The van der Waals surface area contributed by atoms with Gasteiger partial charge in [-0.25, -0.2) is 13.7 Å². The Labute approximate surface area is 225 Å². The van der Waals surface area contributed by atoms with Crippen molar-refractivity contribution in [2.24, 2.45) is 5.92 Å². The Bertz CT molecular complexity index is 1390. The van der Waals surface area contributed by atoms with E-state index < -0.39 is 23.8 Å². The maximum atomic E-state index is 14.3. The summed E-state index contributed by atoms with van der Waals surface area (Å²) in [6.45, 7) is 4.87. The average Bonchev–Trinajstić information content (AvgIpc) is 3.31. The second-order valence-electron chi connectivity index (χ2n) is 10.1. The molecule has 11 nitrogen and oxygen atoms in total. The summed E-state index contributed by atoms with van der Waals surface area (Å²) in [5.74, 6) is -0.266. The number of fused-ring (bicyclic) bond motifs is 1. The molecule has 1 saturated carbocycles. The Morgan fingerprint density at radius 3 is 2.74 bits per heavy atom. The van der Waals surface area contributed by atoms with E-state index in [-0.39, 0.29) is 24.1 Å². The molecule has 0 aromatic carbocycles. The van der Waals surface area contributed by atoms with Crippen LogP contribution in [0.3, 0.4) is 0 Å². The number of aliphatic hydroxyl groups is 1. The lowest BCUT2D eigenvalue weighted by Crippen LogP contribution is -2.43. The van der Waals surface area contributed by atoms with E-state index in [2.05, 4.69) is 32.1 Å². The summed E-state index contributed by atoms with van der Waals surface area (Å²) >= 11 is 0. The number of amides is 2. The van der Waals surface area contributed by atoms with E-state index in [0.717, 1.165) is 18.4 Å². The maximum Gasteiger partial charge on any atom is 0.407 e. The number of carbonyl (C=O) groups excluding carboxylic acids is 2. The molecule has 0 spiro atoms. The van der Waals surface area contributed by atoms with Crippen LogP contribution in [0.25, 0.3) is 16.9 Å². The van der Waals surface area contributed by atoms with E-state index in [1.54, 1.807) is 23.6 Å². The summed E-state index contributed by atoms with van der Waals surface area (Å²) in [5, 5.41) is 32.0. The van der Waals surface area contributed by atoms with Crippen LogP contribution in [0.5, 0.6) is 0 Å². The lowest BCUT2D eigenvalue weighted by molar-refractivity contribution is -0.00177. The molecule has 4 N–H and O–H groups in total. The first-order chi connectivity index (χ1) is 18.6. The van der Waals surface area contributed by atoms with E-state index >= 15 is 0 Å². The molecular formula is C27H32FN7O4. The summed E-state index contributed by atoms with van der Waals surface area (Å²) < 4.78 is 20.8. The van der Waals surface area contributed by atoms with Crippen LogP contribution in [-0.4, -0.2) is 69.2 Å². The number of aromatic nitrogens is 3. The summed E-state index contributed by atoms with van der Waals surface area (Å²) in [4.78, 5) is 29.1. The number of pyridine rings is 1. The normalized spacial score (nSPS) is 17.5. The van der Waals surface area contributed by atoms with Crippen molar-refractivity contribution in [3.8, 4) is 17.5 Å². The molecule has 1 aliphatic carbocycles. The predicted molar refractivity (Wildman–Crippen MR) is 142 cm³/mol. The van der Waals surface area contributed by atoms with Gasteiger partial charge in [0.05, 0.1) is 58.7 Å². The topological polar surface area (TPSA) is 154 Å². The molecule has 1 aliphatic rings. The fraction of sp³-hybridized carbons (Fsp3) is 0.444. The maximum absolute atomic E-state index is 14.3. The van der Waals surface area contributed by atoms with Crippen LogP contribution in [0.1, 0.15) is 49.5 Å². The Hall–Kier alpha value is -4.24. The molecule has 4 rings (SSSR count). The van der Waals surface area contributed by atoms with Crippen LogP contribution in [0, 0.1) is 17.2 Å². The van der Waals surface area contributed by atoms with Gasteiger partial charge in [0.25, 0.3) is 5.91 Å². The number of alkyl carbamates (subject to hydrolysis) is 1. The fourth-order valence-electron chi connectivity index (χ4n) is 4.33. The lowest BCUT2D eigenvalue weighted by atomic mass is 9.80. The van der Waals surface area contributed by atoms with E-state index in [0.29, 0.717) is 35.8 Å². The highest BCUT2D eigenvalue weighted by Gasteiger charge is 2.31. The van der Waals surface area contributed by atoms with Crippen LogP contribution in [-0.2, 0) is 4.74 Å². The number of carbonyl (C=O) groups is 2. The number of nitrogens with zero attached hydrogens (tertiary/aromatic N) is 4. The molecule has 206 valence electrons. The molecule has 0 radical (unpaired) electrons. The summed E-state index contributed by atoms with van der Waals surface area (Å²) in [7, 11) is 0. The molecule has 1 atom stereocenters. The average molecular weight is 538 g/mol. The molecule has 3 aromatic rings. The molecule has 3 aromatic heterocycles. The molecule has 3 heterocycles. The Kier molecular flexibility index (Phi) is 8.30. The minimum atomic E-state index is -1.65. The Morgan fingerprint density at radius 1 is 1.28 bits per heavy atom. The molecule has 0 bridgehead atoms. The fourth-order valence-corrected chi connectivity index (χ4v) is 4.33. The van der Waals surface area contributed by atoms with Gasteiger partial charge in [0.1, 0.15) is 12.2 Å². The van der Waals surface area contributed by atoms with Gasteiger partial charge in [0.15, 0.2) is 0 Å². The van der Waals surface area contributed by atoms with Gasteiger partial charge in [0.2, 0.25) is 0 Å². The second kappa shape index (κ2) is 11.7. The highest BCUT2D eigenvalue weighted by Crippen LogP contribution is 2.32. The van der Waals surface area contributed by atoms with Gasteiger partial charge in [0, 0.05) is 18.8 Å². The summed E-state index contributed by atoms with van der Waals surface area (Å²) in [6, 6.07) is 9.22.